The summed E-state index contributed by atoms with van der Waals surface area (Å²) in [6.07, 6.45) is 1.08. The lowest BCUT2D eigenvalue weighted by Gasteiger charge is -2.16. The zero-order chi connectivity index (χ0) is 16.5. The minimum Gasteiger partial charge on any atom is -0.366 e. The molecule has 0 saturated carbocycles. The fraction of sp³-hybridized carbons (Fsp3) is 0.316. The summed E-state index contributed by atoms with van der Waals surface area (Å²) in [6.45, 7) is 3.72. The molecule has 0 spiro atoms. The van der Waals surface area contributed by atoms with Gasteiger partial charge in [0.05, 0.1) is 0 Å². The van der Waals surface area contributed by atoms with Crippen LogP contribution in [0.3, 0.4) is 0 Å². The molecule has 4 heteroatoms. The predicted octanol–water partition coefficient (Wildman–Crippen LogP) is 2.40. The number of carbonyl (C=O) groups is 1. The highest BCUT2D eigenvalue weighted by Crippen LogP contribution is 2.05. The lowest BCUT2D eigenvalue weighted by Crippen LogP contribution is -2.23. The Morgan fingerprint density at radius 1 is 1.09 bits per heavy atom. The molecule has 0 atom stereocenters. The molecule has 0 aliphatic carbocycles. The van der Waals surface area contributed by atoms with Gasteiger partial charge in [0.25, 0.3) is 0 Å². The lowest BCUT2D eigenvalue weighted by atomic mass is 10.1. The Hall–Kier alpha value is -2.17. The third-order valence-electron chi connectivity index (χ3n) is 3.73. The van der Waals surface area contributed by atoms with Gasteiger partial charge in [0.15, 0.2) is 0 Å². The minimum absolute atomic E-state index is 0.380. The molecule has 2 aromatic rings. The summed E-state index contributed by atoms with van der Waals surface area (Å²) in [5, 5.41) is 3.41. The van der Waals surface area contributed by atoms with Gasteiger partial charge in [-0.1, -0.05) is 42.5 Å². The van der Waals surface area contributed by atoms with Crippen molar-refractivity contribution in [2.24, 2.45) is 5.73 Å². The minimum atomic E-state index is -0.380. The highest BCUT2D eigenvalue weighted by Gasteiger charge is 2.02. The quantitative estimate of drug-likeness (QED) is 0.699. The molecule has 122 valence electrons. The SMILES string of the molecule is CN(CCCNCc1cccc(C(N)=O)c1)Cc1ccccc1. The van der Waals surface area contributed by atoms with E-state index in [0.29, 0.717) is 5.56 Å². The van der Waals surface area contributed by atoms with E-state index in [1.807, 2.05) is 24.3 Å². The van der Waals surface area contributed by atoms with Crippen molar-refractivity contribution in [1.29, 1.82) is 0 Å². The second-order valence-electron chi connectivity index (χ2n) is 5.82. The fourth-order valence-corrected chi connectivity index (χ4v) is 2.52. The first-order chi connectivity index (χ1) is 11.1. The van der Waals surface area contributed by atoms with Crippen molar-refractivity contribution in [3.05, 3.63) is 71.3 Å². The van der Waals surface area contributed by atoms with Crippen molar-refractivity contribution in [2.45, 2.75) is 19.5 Å². The van der Waals surface area contributed by atoms with Gasteiger partial charge in [0.2, 0.25) is 5.91 Å². The maximum Gasteiger partial charge on any atom is 0.248 e. The van der Waals surface area contributed by atoms with Crippen molar-refractivity contribution >= 4 is 5.91 Å². The molecule has 0 aliphatic heterocycles. The van der Waals surface area contributed by atoms with E-state index in [4.69, 9.17) is 5.73 Å². The van der Waals surface area contributed by atoms with Gasteiger partial charge in [0, 0.05) is 18.7 Å². The Morgan fingerprint density at radius 2 is 1.83 bits per heavy atom. The van der Waals surface area contributed by atoms with Gasteiger partial charge in [-0.15, -0.1) is 0 Å². The smallest absolute Gasteiger partial charge is 0.248 e. The van der Waals surface area contributed by atoms with Crippen LogP contribution in [0.5, 0.6) is 0 Å². The third kappa shape index (κ3) is 6.22. The molecule has 0 unspecified atom stereocenters. The number of amides is 1. The number of primary amides is 1. The van der Waals surface area contributed by atoms with Gasteiger partial charge in [-0.2, -0.15) is 0 Å². The van der Waals surface area contributed by atoms with Crippen molar-refractivity contribution in [1.82, 2.24) is 10.2 Å². The van der Waals surface area contributed by atoms with Crippen LogP contribution in [0.2, 0.25) is 0 Å². The summed E-state index contributed by atoms with van der Waals surface area (Å²) in [6, 6.07) is 17.9. The molecule has 1 amide bonds. The Bertz CT molecular complexity index is 613. The molecule has 0 aliphatic rings. The van der Waals surface area contributed by atoms with Crippen LogP contribution in [0.15, 0.2) is 54.6 Å². The van der Waals surface area contributed by atoms with Crippen molar-refractivity contribution in [3.8, 4) is 0 Å². The normalized spacial score (nSPS) is 10.9. The van der Waals surface area contributed by atoms with Gasteiger partial charge in [0.1, 0.15) is 0 Å². The van der Waals surface area contributed by atoms with E-state index in [2.05, 4.69) is 41.5 Å². The van der Waals surface area contributed by atoms with Crippen molar-refractivity contribution in [2.75, 3.05) is 20.1 Å². The number of nitrogens with one attached hydrogen (secondary N) is 1. The first-order valence-corrected chi connectivity index (χ1v) is 7.97. The number of nitrogens with two attached hydrogens (primary N) is 1. The van der Waals surface area contributed by atoms with E-state index in [1.165, 1.54) is 5.56 Å². The van der Waals surface area contributed by atoms with Crippen molar-refractivity contribution in [3.63, 3.8) is 0 Å². The Morgan fingerprint density at radius 3 is 2.57 bits per heavy atom. The molecular formula is C19H25N3O. The van der Waals surface area contributed by atoms with Crippen LogP contribution in [-0.2, 0) is 13.1 Å². The Labute approximate surface area is 138 Å². The van der Waals surface area contributed by atoms with E-state index in [-0.39, 0.29) is 5.91 Å². The van der Waals surface area contributed by atoms with Crippen molar-refractivity contribution < 1.29 is 4.79 Å². The zero-order valence-corrected chi connectivity index (χ0v) is 13.7. The highest BCUT2D eigenvalue weighted by molar-refractivity contribution is 5.92. The van der Waals surface area contributed by atoms with E-state index in [0.717, 1.165) is 38.2 Å². The van der Waals surface area contributed by atoms with Gasteiger partial charge in [-0.3, -0.25) is 4.79 Å². The summed E-state index contributed by atoms with van der Waals surface area (Å²) < 4.78 is 0. The number of benzene rings is 2. The van der Waals surface area contributed by atoms with Gasteiger partial charge < -0.3 is 16.0 Å². The van der Waals surface area contributed by atoms with Gasteiger partial charge in [-0.25, -0.2) is 0 Å². The third-order valence-corrected chi connectivity index (χ3v) is 3.73. The van der Waals surface area contributed by atoms with Crippen LogP contribution in [0.25, 0.3) is 0 Å². The van der Waals surface area contributed by atoms with Crippen LogP contribution >= 0.6 is 0 Å². The second kappa shape index (κ2) is 9.08. The van der Waals surface area contributed by atoms with E-state index in [1.54, 1.807) is 6.07 Å². The molecule has 0 fully saturated rings. The molecule has 0 aromatic heterocycles. The van der Waals surface area contributed by atoms with Crippen LogP contribution in [-0.4, -0.2) is 30.9 Å². The Balaban J connectivity index is 1.64. The average molecular weight is 311 g/mol. The van der Waals surface area contributed by atoms with Gasteiger partial charge >= 0.3 is 0 Å². The second-order valence-corrected chi connectivity index (χ2v) is 5.82. The van der Waals surface area contributed by atoms with E-state index in [9.17, 15) is 4.79 Å². The maximum absolute atomic E-state index is 11.2. The molecule has 0 saturated heterocycles. The van der Waals surface area contributed by atoms with Crippen LogP contribution in [0.1, 0.15) is 27.9 Å². The molecule has 0 radical (unpaired) electrons. The first-order valence-electron chi connectivity index (χ1n) is 7.97. The largest absolute Gasteiger partial charge is 0.366 e. The predicted molar refractivity (Wildman–Crippen MR) is 94.1 cm³/mol. The molecule has 0 bridgehead atoms. The summed E-state index contributed by atoms with van der Waals surface area (Å²) in [5.74, 6) is -0.380. The number of hydrogen-bond donors (Lipinski definition) is 2. The van der Waals surface area contributed by atoms with Crippen LogP contribution in [0, 0.1) is 0 Å². The first kappa shape index (κ1) is 17.2. The number of rotatable bonds is 9. The number of nitrogens with zero attached hydrogens (tertiary/aromatic N) is 1. The number of hydrogen-bond acceptors (Lipinski definition) is 3. The molecule has 2 aromatic carbocycles. The average Bonchev–Trinajstić information content (AvgIpc) is 2.55. The highest BCUT2D eigenvalue weighted by atomic mass is 16.1. The van der Waals surface area contributed by atoms with Crippen LogP contribution < -0.4 is 11.1 Å². The topological polar surface area (TPSA) is 58.4 Å². The lowest BCUT2D eigenvalue weighted by molar-refractivity contribution is 0.1000. The molecule has 4 nitrogen and oxygen atoms in total. The molecule has 23 heavy (non-hydrogen) atoms. The monoisotopic (exact) mass is 311 g/mol. The zero-order valence-electron chi connectivity index (χ0n) is 13.7. The standard InChI is InChI=1S/C19H25N3O/c1-22(15-16-7-3-2-4-8-16)12-6-11-21-14-17-9-5-10-18(13-17)19(20)23/h2-5,7-10,13,21H,6,11-12,14-15H2,1H3,(H2,20,23). The van der Waals surface area contributed by atoms with Gasteiger partial charge in [-0.05, 0) is 49.8 Å². The Kier molecular flexibility index (Phi) is 6.78. The molecule has 0 heterocycles. The summed E-state index contributed by atoms with van der Waals surface area (Å²) in [5.41, 5.74) is 8.27. The summed E-state index contributed by atoms with van der Waals surface area (Å²) in [4.78, 5) is 13.5. The summed E-state index contributed by atoms with van der Waals surface area (Å²) in [7, 11) is 2.14. The molecule has 2 rings (SSSR count). The molecular weight excluding hydrogens is 286 g/mol. The van der Waals surface area contributed by atoms with E-state index < -0.39 is 0 Å². The molecule has 3 N–H and O–H groups in total. The number of carbonyl (C=O) groups excluding carboxylic acids is 1. The maximum atomic E-state index is 11.2. The fourth-order valence-electron chi connectivity index (χ4n) is 2.52. The van der Waals surface area contributed by atoms with Crippen LogP contribution in [0.4, 0.5) is 0 Å². The summed E-state index contributed by atoms with van der Waals surface area (Å²) >= 11 is 0. The van der Waals surface area contributed by atoms with E-state index >= 15 is 0 Å².